The maximum atomic E-state index is 8.36. The Bertz CT molecular complexity index is 553. The molecule has 0 fully saturated rings. The van der Waals surface area contributed by atoms with E-state index in [2.05, 4.69) is 47.5 Å². The normalized spacial score (nSPS) is 14.5. The van der Waals surface area contributed by atoms with Crippen molar-refractivity contribution in [2.45, 2.75) is 26.3 Å². The first-order valence-electron chi connectivity index (χ1n) is 7.14. The summed E-state index contributed by atoms with van der Waals surface area (Å²) in [5, 5.41) is 9.09. The third-order valence-electron chi connectivity index (χ3n) is 3.85. The van der Waals surface area contributed by atoms with Crippen LogP contribution in [0.25, 0.3) is 0 Å². The van der Waals surface area contributed by atoms with Crippen molar-refractivity contribution in [3.8, 4) is 0 Å². The number of hydrogen-bond donors (Lipinski definition) is 1. The molecule has 0 spiro atoms. The van der Waals surface area contributed by atoms with Crippen molar-refractivity contribution >= 4 is 17.8 Å². The van der Waals surface area contributed by atoms with Crippen molar-refractivity contribution < 1.29 is 9.90 Å². The van der Waals surface area contributed by atoms with E-state index >= 15 is 0 Å². The predicted octanol–water partition coefficient (Wildman–Crippen LogP) is 3.36. The van der Waals surface area contributed by atoms with Crippen LogP contribution in [0.1, 0.15) is 21.6 Å². The summed E-state index contributed by atoms with van der Waals surface area (Å²) in [5.41, 5.74) is 4.53. The molecule has 0 atom stereocenters. The van der Waals surface area contributed by atoms with Crippen molar-refractivity contribution in [1.29, 1.82) is 0 Å². The van der Waals surface area contributed by atoms with E-state index in [1.54, 1.807) is 11.1 Å². The summed E-state index contributed by atoms with van der Waals surface area (Å²) in [6.07, 6.45) is 2.39. The maximum Gasteiger partial charge on any atom is 0.290 e. The van der Waals surface area contributed by atoms with Crippen molar-refractivity contribution in [2.24, 2.45) is 0 Å². The maximum absolute atomic E-state index is 8.36. The molecule has 0 saturated carbocycles. The van der Waals surface area contributed by atoms with Gasteiger partial charge in [0.25, 0.3) is 6.47 Å². The summed E-state index contributed by atoms with van der Waals surface area (Å²) in [7, 11) is 0. The van der Waals surface area contributed by atoms with Gasteiger partial charge in [-0.1, -0.05) is 24.3 Å². The van der Waals surface area contributed by atoms with Gasteiger partial charge in [0.15, 0.2) is 0 Å². The molecule has 3 nitrogen and oxygen atoms in total. The number of rotatable bonds is 2. The summed E-state index contributed by atoms with van der Waals surface area (Å²) in [6, 6.07) is 11.1. The first-order chi connectivity index (χ1) is 10.2. The Morgan fingerprint density at radius 3 is 2.24 bits per heavy atom. The lowest BCUT2D eigenvalue weighted by molar-refractivity contribution is -0.122. The van der Waals surface area contributed by atoms with Crippen LogP contribution in [0.4, 0.5) is 0 Å². The zero-order valence-electron chi connectivity index (χ0n) is 12.3. The van der Waals surface area contributed by atoms with Gasteiger partial charge in [-0.15, -0.1) is 11.3 Å². The first-order valence-corrected chi connectivity index (χ1v) is 8.02. The van der Waals surface area contributed by atoms with E-state index < -0.39 is 0 Å². The minimum absolute atomic E-state index is 0.250. The first kappa shape index (κ1) is 15.7. The Kier molecular flexibility index (Phi) is 5.96. The van der Waals surface area contributed by atoms with Gasteiger partial charge in [0.1, 0.15) is 0 Å². The number of hydrogen-bond acceptors (Lipinski definition) is 3. The molecule has 112 valence electrons. The van der Waals surface area contributed by atoms with Gasteiger partial charge in [-0.05, 0) is 47.9 Å². The molecule has 4 heteroatoms. The van der Waals surface area contributed by atoms with Gasteiger partial charge < -0.3 is 5.11 Å². The Balaban J connectivity index is 0.000000497. The van der Waals surface area contributed by atoms with E-state index in [1.165, 1.54) is 36.4 Å². The molecule has 0 aliphatic carbocycles. The third-order valence-corrected chi connectivity index (χ3v) is 4.86. The monoisotopic (exact) mass is 303 g/mol. The molecule has 1 aromatic heterocycles. The van der Waals surface area contributed by atoms with E-state index in [1.807, 2.05) is 11.3 Å². The number of benzene rings is 1. The Morgan fingerprint density at radius 1 is 1.19 bits per heavy atom. The highest BCUT2D eigenvalue weighted by Crippen LogP contribution is 2.21. The molecule has 3 rings (SSSR count). The summed E-state index contributed by atoms with van der Waals surface area (Å²) in [6.45, 7) is 5.47. The van der Waals surface area contributed by atoms with Crippen molar-refractivity contribution in [3.05, 3.63) is 57.3 Å². The van der Waals surface area contributed by atoms with E-state index in [4.69, 9.17) is 9.90 Å². The van der Waals surface area contributed by atoms with Gasteiger partial charge in [0, 0.05) is 24.5 Å². The third kappa shape index (κ3) is 4.41. The van der Waals surface area contributed by atoms with Crippen molar-refractivity contribution in [3.63, 3.8) is 0 Å². The van der Waals surface area contributed by atoms with Gasteiger partial charge in [-0.3, -0.25) is 9.69 Å². The van der Waals surface area contributed by atoms with E-state index in [0.29, 0.717) is 0 Å². The topological polar surface area (TPSA) is 40.5 Å². The molecule has 0 saturated heterocycles. The van der Waals surface area contributed by atoms with Crippen LogP contribution in [0, 0.1) is 6.92 Å². The molecular weight excluding hydrogens is 282 g/mol. The van der Waals surface area contributed by atoms with Crippen LogP contribution in [0.5, 0.6) is 0 Å². The van der Waals surface area contributed by atoms with Crippen molar-refractivity contribution in [2.75, 3.05) is 13.1 Å². The summed E-state index contributed by atoms with van der Waals surface area (Å²) >= 11 is 1.89. The molecule has 1 aromatic carbocycles. The van der Waals surface area contributed by atoms with Gasteiger partial charge in [0.2, 0.25) is 0 Å². The minimum atomic E-state index is -0.250. The Morgan fingerprint density at radius 2 is 1.76 bits per heavy atom. The zero-order valence-corrected chi connectivity index (χ0v) is 13.1. The van der Waals surface area contributed by atoms with E-state index in [-0.39, 0.29) is 6.47 Å². The number of nitrogens with zero attached hydrogens (tertiary/aromatic N) is 1. The molecular formula is C17H21NO2S. The molecule has 0 amide bonds. The smallest absolute Gasteiger partial charge is 0.290 e. The lowest BCUT2D eigenvalue weighted by atomic mass is 10.0. The lowest BCUT2D eigenvalue weighted by Gasteiger charge is -2.19. The van der Waals surface area contributed by atoms with Crippen LogP contribution >= 0.6 is 11.3 Å². The minimum Gasteiger partial charge on any atom is -0.483 e. The quantitative estimate of drug-likeness (QED) is 0.865. The standard InChI is InChI=1S/C16H19NS.CH2O2/c1-13-8-11-18-16(13)12-17-9-6-14-4-2-3-5-15(14)7-10-17;2-1-3/h2-5,8,11H,6-7,9-10,12H2,1H3;1H,(H,2,3). The SMILES string of the molecule is Cc1ccsc1CN1CCc2ccccc2CC1.O=CO. The van der Waals surface area contributed by atoms with Crippen LogP contribution in [0.3, 0.4) is 0 Å². The molecule has 0 bridgehead atoms. The fourth-order valence-electron chi connectivity index (χ4n) is 2.64. The highest BCUT2D eigenvalue weighted by Gasteiger charge is 2.14. The van der Waals surface area contributed by atoms with Gasteiger partial charge in [-0.25, -0.2) is 0 Å². The molecule has 2 heterocycles. The Hall–Kier alpha value is -1.65. The molecule has 1 N–H and O–H groups in total. The number of carbonyl (C=O) groups is 1. The summed E-state index contributed by atoms with van der Waals surface area (Å²) in [5.74, 6) is 0. The Labute approximate surface area is 129 Å². The van der Waals surface area contributed by atoms with Crippen LogP contribution in [0.15, 0.2) is 35.7 Å². The van der Waals surface area contributed by atoms with Gasteiger partial charge >= 0.3 is 0 Å². The van der Waals surface area contributed by atoms with Gasteiger partial charge in [-0.2, -0.15) is 0 Å². The van der Waals surface area contributed by atoms with Crippen LogP contribution in [-0.4, -0.2) is 29.6 Å². The average Bonchev–Trinajstić information content (AvgIpc) is 2.77. The predicted molar refractivity (Wildman–Crippen MR) is 86.9 cm³/mol. The van der Waals surface area contributed by atoms with Crippen LogP contribution in [0.2, 0.25) is 0 Å². The average molecular weight is 303 g/mol. The van der Waals surface area contributed by atoms with Crippen molar-refractivity contribution in [1.82, 2.24) is 4.90 Å². The molecule has 21 heavy (non-hydrogen) atoms. The van der Waals surface area contributed by atoms with Crippen LogP contribution < -0.4 is 0 Å². The summed E-state index contributed by atoms with van der Waals surface area (Å²) < 4.78 is 0. The summed E-state index contributed by atoms with van der Waals surface area (Å²) in [4.78, 5) is 12.5. The molecule has 2 aromatic rings. The number of fused-ring (bicyclic) bond motifs is 1. The molecule has 1 aliphatic heterocycles. The fourth-order valence-corrected chi connectivity index (χ4v) is 3.59. The number of aryl methyl sites for hydroxylation is 1. The highest BCUT2D eigenvalue weighted by molar-refractivity contribution is 7.10. The second-order valence-corrected chi connectivity index (χ2v) is 6.18. The molecule has 0 radical (unpaired) electrons. The molecule has 1 aliphatic rings. The number of carboxylic acid groups (broad SMARTS) is 1. The van der Waals surface area contributed by atoms with Gasteiger partial charge in [0.05, 0.1) is 0 Å². The lowest BCUT2D eigenvalue weighted by Crippen LogP contribution is -2.25. The highest BCUT2D eigenvalue weighted by atomic mass is 32.1. The number of thiophene rings is 1. The second kappa shape index (κ2) is 7.96. The largest absolute Gasteiger partial charge is 0.483 e. The fraction of sp³-hybridized carbons (Fsp3) is 0.353. The second-order valence-electron chi connectivity index (χ2n) is 5.18. The van der Waals surface area contributed by atoms with Crippen LogP contribution in [-0.2, 0) is 24.2 Å². The zero-order chi connectivity index (χ0) is 15.1. The molecule has 0 unspecified atom stereocenters. The van der Waals surface area contributed by atoms with E-state index in [9.17, 15) is 0 Å². The van der Waals surface area contributed by atoms with E-state index in [0.717, 1.165) is 6.54 Å².